The maximum absolute atomic E-state index is 11.4. The van der Waals surface area contributed by atoms with Crippen LogP contribution in [0.2, 0.25) is 0 Å². The van der Waals surface area contributed by atoms with Crippen molar-refractivity contribution in [2.75, 3.05) is 13.7 Å². The third-order valence-electron chi connectivity index (χ3n) is 2.79. The predicted molar refractivity (Wildman–Crippen MR) is 66.3 cm³/mol. The number of hydrogen-bond donors (Lipinski definition) is 2. The molecule has 2 N–H and O–H groups in total. The number of carbonyl (C=O) groups is 2. The first kappa shape index (κ1) is 14.2. The average Bonchev–Trinajstić information content (AvgIpc) is 2.30. The summed E-state index contributed by atoms with van der Waals surface area (Å²) in [6.45, 7) is 3.58. The summed E-state index contributed by atoms with van der Waals surface area (Å²) in [5.74, 6) is -1.54. The van der Waals surface area contributed by atoms with E-state index >= 15 is 0 Å². The van der Waals surface area contributed by atoms with Gasteiger partial charge in [-0.3, -0.25) is 4.79 Å². The Kier molecular flexibility index (Phi) is 4.85. The molecule has 0 radical (unpaired) electrons. The van der Waals surface area contributed by atoms with E-state index in [0.717, 1.165) is 11.1 Å². The minimum absolute atomic E-state index is 0.158. The molecule has 0 saturated heterocycles. The zero-order valence-electron chi connectivity index (χ0n) is 10.7. The fourth-order valence-corrected chi connectivity index (χ4v) is 1.69. The normalized spacial score (nSPS) is 11.9. The van der Waals surface area contributed by atoms with Crippen LogP contribution < -0.4 is 5.32 Å². The summed E-state index contributed by atoms with van der Waals surface area (Å²) >= 11 is 0. The molecule has 0 aromatic heterocycles. The molecule has 18 heavy (non-hydrogen) atoms. The predicted octanol–water partition coefficient (Wildman–Crippen LogP) is 1.19. The fourth-order valence-electron chi connectivity index (χ4n) is 1.69. The summed E-state index contributed by atoms with van der Waals surface area (Å²) in [6, 6.07) is 4.33. The van der Waals surface area contributed by atoms with Crippen molar-refractivity contribution in [3.8, 4) is 0 Å². The van der Waals surface area contributed by atoms with Crippen LogP contribution in [0, 0.1) is 13.8 Å². The zero-order chi connectivity index (χ0) is 13.7. The number of aryl methyl sites for hydroxylation is 1. The van der Waals surface area contributed by atoms with Crippen LogP contribution in [0.3, 0.4) is 0 Å². The molecule has 0 aliphatic carbocycles. The number of nitrogens with one attached hydrogen (secondary N) is 1. The molecule has 0 heterocycles. The molecule has 0 aliphatic rings. The van der Waals surface area contributed by atoms with Crippen LogP contribution in [-0.2, 0) is 14.3 Å². The number of aliphatic carboxylic acids is 1. The zero-order valence-corrected chi connectivity index (χ0v) is 10.7. The molecule has 1 rings (SSSR count). The van der Waals surface area contributed by atoms with Gasteiger partial charge in [0.05, 0.1) is 0 Å². The Morgan fingerprint density at radius 1 is 1.39 bits per heavy atom. The third kappa shape index (κ3) is 3.30. The molecule has 5 nitrogen and oxygen atoms in total. The highest BCUT2D eigenvalue weighted by molar-refractivity contribution is 5.85. The molecule has 0 bridgehead atoms. The molecule has 1 unspecified atom stereocenters. The SMILES string of the molecule is COCC(=O)NC(C(=O)O)c1cccc(C)c1C. The molecule has 1 aromatic carbocycles. The number of carboxylic acids is 1. The molecule has 98 valence electrons. The van der Waals surface area contributed by atoms with E-state index in [-0.39, 0.29) is 6.61 Å². The van der Waals surface area contributed by atoms with E-state index in [4.69, 9.17) is 0 Å². The molecule has 0 fully saturated rings. The molecule has 1 atom stereocenters. The molecule has 0 spiro atoms. The quantitative estimate of drug-likeness (QED) is 0.824. The van der Waals surface area contributed by atoms with Crippen molar-refractivity contribution in [2.24, 2.45) is 0 Å². The lowest BCUT2D eigenvalue weighted by Gasteiger charge is -2.18. The number of rotatable bonds is 5. The average molecular weight is 251 g/mol. The highest BCUT2D eigenvalue weighted by Gasteiger charge is 2.23. The molecule has 5 heteroatoms. The van der Waals surface area contributed by atoms with E-state index < -0.39 is 17.9 Å². The lowest BCUT2D eigenvalue weighted by atomic mass is 9.97. The molecular formula is C13H17NO4. The van der Waals surface area contributed by atoms with E-state index in [2.05, 4.69) is 10.1 Å². The van der Waals surface area contributed by atoms with Gasteiger partial charge < -0.3 is 15.2 Å². The first-order valence-corrected chi connectivity index (χ1v) is 5.54. The van der Waals surface area contributed by atoms with E-state index in [9.17, 15) is 14.7 Å². The maximum Gasteiger partial charge on any atom is 0.330 e. The van der Waals surface area contributed by atoms with E-state index in [1.54, 1.807) is 12.1 Å². The van der Waals surface area contributed by atoms with Crippen molar-refractivity contribution in [2.45, 2.75) is 19.9 Å². The molecule has 0 saturated carbocycles. The van der Waals surface area contributed by atoms with E-state index in [0.29, 0.717) is 5.56 Å². The Hall–Kier alpha value is -1.88. The number of carbonyl (C=O) groups excluding carboxylic acids is 1. The van der Waals surface area contributed by atoms with Crippen molar-refractivity contribution in [1.82, 2.24) is 5.32 Å². The summed E-state index contributed by atoms with van der Waals surface area (Å²) in [6.07, 6.45) is 0. The second-order valence-electron chi connectivity index (χ2n) is 4.06. The highest BCUT2D eigenvalue weighted by atomic mass is 16.5. The first-order valence-electron chi connectivity index (χ1n) is 5.54. The summed E-state index contributed by atoms with van der Waals surface area (Å²) in [4.78, 5) is 22.7. The standard InChI is InChI=1S/C13H17NO4/c1-8-5-4-6-10(9(8)2)12(13(16)17)14-11(15)7-18-3/h4-6,12H,7H2,1-3H3,(H,14,15)(H,16,17). The van der Waals surface area contributed by atoms with Crippen molar-refractivity contribution in [1.29, 1.82) is 0 Å². The number of ether oxygens (including phenoxy) is 1. The molecule has 0 aliphatic heterocycles. The van der Waals surface area contributed by atoms with Gasteiger partial charge in [0.2, 0.25) is 5.91 Å². The summed E-state index contributed by atoms with van der Waals surface area (Å²) in [7, 11) is 1.38. The van der Waals surface area contributed by atoms with E-state index in [1.807, 2.05) is 19.9 Å². The second-order valence-corrected chi connectivity index (χ2v) is 4.06. The van der Waals surface area contributed by atoms with Crippen molar-refractivity contribution >= 4 is 11.9 Å². The summed E-state index contributed by atoms with van der Waals surface area (Å²) in [5.41, 5.74) is 2.44. The number of methoxy groups -OCH3 is 1. The maximum atomic E-state index is 11.4. The van der Waals surface area contributed by atoms with Crippen LogP contribution in [0.15, 0.2) is 18.2 Å². The van der Waals surface area contributed by atoms with Gasteiger partial charge in [-0.1, -0.05) is 18.2 Å². The lowest BCUT2D eigenvalue weighted by molar-refractivity contribution is -0.142. The lowest BCUT2D eigenvalue weighted by Crippen LogP contribution is -2.36. The molecule has 1 amide bonds. The van der Waals surface area contributed by atoms with Gasteiger partial charge >= 0.3 is 5.97 Å². The summed E-state index contributed by atoms with van der Waals surface area (Å²) < 4.78 is 4.67. The van der Waals surface area contributed by atoms with Crippen LogP contribution in [0.5, 0.6) is 0 Å². The Balaban J connectivity index is 3.02. The van der Waals surface area contributed by atoms with Crippen molar-refractivity contribution in [3.63, 3.8) is 0 Å². The van der Waals surface area contributed by atoms with Gasteiger partial charge in [0, 0.05) is 7.11 Å². The van der Waals surface area contributed by atoms with E-state index in [1.165, 1.54) is 7.11 Å². The van der Waals surface area contributed by atoms with Gasteiger partial charge in [-0.05, 0) is 30.5 Å². The van der Waals surface area contributed by atoms with Gasteiger partial charge in [0.15, 0.2) is 6.04 Å². The second kappa shape index (κ2) is 6.16. The minimum Gasteiger partial charge on any atom is -0.479 e. The van der Waals surface area contributed by atoms with Gasteiger partial charge in [-0.25, -0.2) is 4.79 Å². The van der Waals surface area contributed by atoms with Crippen molar-refractivity contribution < 1.29 is 19.4 Å². The van der Waals surface area contributed by atoms with Gasteiger partial charge in [0.1, 0.15) is 6.61 Å². The Labute approximate surface area is 106 Å². The monoisotopic (exact) mass is 251 g/mol. The highest BCUT2D eigenvalue weighted by Crippen LogP contribution is 2.20. The number of hydrogen-bond acceptors (Lipinski definition) is 3. The van der Waals surface area contributed by atoms with Crippen LogP contribution in [-0.4, -0.2) is 30.7 Å². The fraction of sp³-hybridized carbons (Fsp3) is 0.385. The topological polar surface area (TPSA) is 75.6 Å². The Morgan fingerprint density at radius 3 is 2.61 bits per heavy atom. The largest absolute Gasteiger partial charge is 0.479 e. The Morgan fingerprint density at radius 2 is 2.06 bits per heavy atom. The number of carboxylic acid groups (broad SMARTS) is 1. The van der Waals surface area contributed by atoms with Gasteiger partial charge in [-0.2, -0.15) is 0 Å². The van der Waals surface area contributed by atoms with Crippen molar-refractivity contribution in [3.05, 3.63) is 34.9 Å². The Bertz CT molecular complexity index is 456. The molecule has 1 aromatic rings. The first-order chi connectivity index (χ1) is 8.47. The van der Waals surface area contributed by atoms with Crippen LogP contribution in [0.4, 0.5) is 0 Å². The third-order valence-corrected chi connectivity index (χ3v) is 2.79. The summed E-state index contributed by atoms with van der Waals surface area (Å²) in [5, 5.41) is 11.6. The van der Waals surface area contributed by atoms with Crippen LogP contribution >= 0.6 is 0 Å². The smallest absolute Gasteiger partial charge is 0.330 e. The van der Waals surface area contributed by atoms with Crippen LogP contribution in [0.1, 0.15) is 22.7 Å². The minimum atomic E-state index is -1.09. The number of amides is 1. The molecular weight excluding hydrogens is 234 g/mol. The van der Waals surface area contributed by atoms with Gasteiger partial charge in [-0.15, -0.1) is 0 Å². The number of benzene rings is 1. The van der Waals surface area contributed by atoms with Gasteiger partial charge in [0.25, 0.3) is 0 Å². The van der Waals surface area contributed by atoms with Crippen LogP contribution in [0.25, 0.3) is 0 Å².